The third-order valence-electron chi connectivity index (χ3n) is 4.78. The molecule has 3 rings (SSSR count). The molecular weight excluding hydrogens is 354 g/mol. The van der Waals surface area contributed by atoms with Crippen molar-refractivity contribution in [2.24, 2.45) is 0 Å². The van der Waals surface area contributed by atoms with Crippen LogP contribution in [0.25, 0.3) is 22.3 Å². The van der Waals surface area contributed by atoms with Crippen LogP contribution in [0.1, 0.15) is 30.6 Å². The van der Waals surface area contributed by atoms with Gasteiger partial charge in [0.05, 0.1) is 12.0 Å². The highest BCUT2D eigenvalue weighted by Crippen LogP contribution is 2.26. The summed E-state index contributed by atoms with van der Waals surface area (Å²) in [7, 11) is 0. The predicted octanol–water partition coefficient (Wildman–Crippen LogP) is 4.35. The van der Waals surface area contributed by atoms with Crippen LogP contribution in [-0.4, -0.2) is 37.1 Å². The second-order valence-corrected chi connectivity index (χ2v) is 6.51. The second-order valence-electron chi connectivity index (χ2n) is 6.51. The Morgan fingerprint density at radius 1 is 1.00 bits per heavy atom. The molecule has 0 spiro atoms. The number of esters is 1. The number of hydrogen-bond acceptors (Lipinski definition) is 5. The number of carbonyl (C=O) groups excluding carboxylic acids is 1. The van der Waals surface area contributed by atoms with E-state index in [1.54, 1.807) is 24.3 Å². The van der Waals surface area contributed by atoms with E-state index in [4.69, 9.17) is 9.15 Å². The number of hydrogen-bond donors (Lipinski definition) is 0. The summed E-state index contributed by atoms with van der Waals surface area (Å²) in [4.78, 5) is 28.1. The minimum atomic E-state index is -0.641. The molecule has 0 radical (unpaired) electrons. The number of carbonyl (C=O) groups is 1. The van der Waals surface area contributed by atoms with Crippen molar-refractivity contribution in [2.45, 2.75) is 20.3 Å². The SMILES string of the molecule is CCN(CC)CCCOC(=O)c1c(-c2ccccc2)oc2ccccc2c1=O. The van der Waals surface area contributed by atoms with Gasteiger partial charge in [-0.05, 0) is 31.6 Å². The Hall–Kier alpha value is -2.92. The minimum absolute atomic E-state index is 0.0484. The summed E-state index contributed by atoms with van der Waals surface area (Å²) in [5, 5.41) is 0.372. The Labute approximate surface area is 164 Å². The van der Waals surface area contributed by atoms with Crippen LogP contribution in [0.3, 0.4) is 0 Å². The van der Waals surface area contributed by atoms with E-state index in [0.29, 0.717) is 23.0 Å². The number of rotatable bonds is 8. The van der Waals surface area contributed by atoms with Crippen LogP contribution in [-0.2, 0) is 4.74 Å². The number of ether oxygens (including phenoxy) is 1. The Morgan fingerprint density at radius 3 is 2.39 bits per heavy atom. The van der Waals surface area contributed by atoms with Gasteiger partial charge in [-0.3, -0.25) is 4.79 Å². The van der Waals surface area contributed by atoms with E-state index in [2.05, 4.69) is 18.7 Å². The van der Waals surface area contributed by atoms with Crippen LogP contribution in [0.15, 0.2) is 63.8 Å². The molecule has 1 heterocycles. The monoisotopic (exact) mass is 379 g/mol. The number of para-hydroxylation sites is 1. The molecule has 0 N–H and O–H groups in total. The molecule has 3 aromatic rings. The third kappa shape index (κ3) is 4.31. The van der Waals surface area contributed by atoms with Crippen LogP contribution >= 0.6 is 0 Å². The Bertz CT molecular complexity index is 990. The molecule has 0 aliphatic rings. The molecule has 5 nitrogen and oxygen atoms in total. The fourth-order valence-electron chi connectivity index (χ4n) is 3.19. The zero-order valence-electron chi connectivity index (χ0n) is 16.3. The Morgan fingerprint density at radius 2 is 1.68 bits per heavy atom. The average Bonchev–Trinajstić information content (AvgIpc) is 2.74. The van der Waals surface area contributed by atoms with Crippen molar-refractivity contribution in [3.05, 3.63) is 70.4 Å². The van der Waals surface area contributed by atoms with E-state index in [9.17, 15) is 9.59 Å². The average molecular weight is 379 g/mol. The van der Waals surface area contributed by atoms with Gasteiger partial charge in [0.15, 0.2) is 11.3 Å². The topological polar surface area (TPSA) is 59.8 Å². The molecule has 0 saturated carbocycles. The normalized spacial score (nSPS) is 11.1. The summed E-state index contributed by atoms with van der Waals surface area (Å²) in [5.74, 6) is -0.393. The van der Waals surface area contributed by atoms with E-state index >= 15 is 0 Å². The summed E-state index contributed by atoms with van der Waals surface area (Å²) in [6, 6.07) is 16.1. The van der Waals surface area contributed by atoms with E-state index < -0.39 is 5.97 Å². The van der Waals surface area contributed by atoms with Gasteiger partial charge in [0.25, 0.3) is 0 Å². The van der Waals surface area contributed by atoms with Gasteiger partial charge in [-0.1, -0.05) is 56.3 Å². The first-order chi connectivity index (χ1) is 13.7. The molecule has 0 aliphatic heterocycles. The Kier molecular flexibility index (Phi) is 6.61. The molecule has 0 saturated heterocycles. The van der Waals surface area contributed by atoms with Gasteiger partial charge >= 0.3 is 5.97 Å². The zero-order valence-corrected chi connectivity index (χ0v) is 16.3. The van der Waals surface area contributed by atoms with Crippen LogP contribution in [0.4, 0.5) is 0 Å². The van der Waals surface area contributed by atoms with Crippen LogP contribution in [0, 0.1) is 0 Å². The fraction of sp³-hybridized carbons (Fsp3) is 0.304. The molecule has 146 valence electrons. The molecule has 0 amide bonds. The fourth-order valence-corrected chi connectivity index (χ4v) is 3.19. The van der Waals surface area contributed by atoms with E-state index in [1.807, 2.05) is 30.3 Å². The first kappa shape index (κ1) is 19.8. The summed E-state index contributed by atoms with van der Waals surface area (Å²) in [5.41, 5.74) is 0.701. The minimum Gasteiger partial charge on any atom is -0.462 e. The van der Waals surface area contributed by atoms with Gasteiger partial charge in [-0.2, -0.15) is 0 Å². The number of nitrogens with zero attached hydrogens (tertiary/aromatic N) is 1. The summed E-state index contributed by atoms with van der Waals surface area (Å²) in [6.45, 7) is 7.21. The first-order valence-corrected chi connectivity index (χ1v) is 9.66. The lowest BCUT2D eigenvalue weighted by atomic mass is 10.0. The molecule has 0 aliphatic carbocycles. The molecule has 28 heavy (non-hydrogen) atoms. The summed E-state index contributed by atoms with van der Waals surface area (Å²) in [6.07, 6.45) is 0.715. The smallest absolute Gasteiger partial charge is 0.346 e. The third-order valence-corrected chi connectivity index (χ3v) is 4.78. The van der Waals surface area contributed by atoms with Gasteiger partial charge in [0.1, 0.15) is 5.58 Å². The predicted molar refractivity (Wildman–Crippen MR) is 111 cm³/mol. The molecular formula is C23H25NO4. The van der Waals surface area contributed by atoms with Gasteiger partial charge < -0.3 is 14.1 Å². The van der Waals surface area contributed by atoms with E-state index in [-0.39, 0.29) is 23.4 Å². The lowest BCUT2D eigenvalue weighted by molar-refractivity contribution is 0.0487. The van der Waals surface area contributed by atoms with Crippen molar-refractivity contribution in [3.63, 3.8) is 0 Å². The molecule has 0 atom stereocenters. The number of benzene rings is 2. The molecule has 0 bridgehead atoms. The van der Waals surface area contributed by atoms with Crippen LogP contribution < -0.4 is 5.43 Å². The van der Waals surface area contributed by atoms with Gasteiger partial charge in [-0.25, -0.2) is 4.79 Å². The maximum Gasteiger partial charge on any atom is 0.346 e. The summed E-state index contributed by atoms with van der Waals surface area (Å²) >= 11 is 0. The standard InChI is InChI=1S/C23H25NO4/c1-3-24(4-2)15-10-16-27-23(26)20-21(25)18-13-8-9-14-19(18)28-22(20)17-11-6-5-7-12-17/h5-9,11-14H,3-4,10,15-16H2,1-2H3. The van der Waals surface area contributed by atoms with E-state index in [1.165, 1.54) is 0 Å². The van der Waals surface area contributed by atoms with Crippen molar-refractivity contribution in [1.29, 1.82) is 0 Å². The summed E-state index contributed by atoms with van der Waals surface area (Å²) < 4.78 is 11.4. The van der Waals surface area contributed by atoms with Gasteiger partial charge in [-0.15, -0.1) is 0 Å². The molecule has 0 unspecified atom stereocenters. The van der Waals surface area contributed by atoms with Crippen LogP contribution in [0.2, 0.25) is 0 Å². The van der Waals surface area contributed by atoms with Crippen molar-refractivity contribution in [1.82, 2.24) is 4.90 Å². The Balaban J connectivity index is 1.91. The van der Waals surface area contributed by atoms with Crippen molar-refractivity contribution >= 4 is 16.9 Å². The lowest BCUT2D eigenvalue weighted by Crippen LogP contribution is -2.26. The second kappa shape index (κ2) is 9.33. The quantitative estimate of drug-likeness (QED) is 0.430. The largest absolute Gasteiger partial charge is 0.462 e. The first-order valence-electron chi connectivity index (χ1n) is 9.66. The van der Waals surface area contributed by atoms with Gasteiger partial charge in [0, 0.05) is 12.1 Å². The van der Waals surface area contributed by atoms with Crippen molar-refractivity contribution in [3.8, 4) is 11.3 Å². The maximum absolute atomic E-state index is 13.0. The number of fused-ring (bicyclic) bond motifs is 1. The van der Waals surface area contributed by atoms with Crippen LogP contribution in [0.5, 0.6) is 0 Å². The molecule has 1 aromatic heterocycles. The van der Waals surface area contributed by atoms with Crippen molar-refractivity contribution in [2.75, 3.05) is 26.2 Å². The highest BCUT2D eigenvalue weighted by Gasteiger charge is 2.23. The molecule has 2 aromatic carbocycles. The molecule has 5 heteroatoms. The van der Waals surface area contributed by atoms with E-state index in [0.717, 1.165) is 19.6 Å². The van der Waals surface area contributed by atoms with Gasteiger partial charge in [0.2, 0.25) is 5.43 Å². The highest BCUT2D eigenvalue weighted by atomic mass is 16.5. The lowest BCUT2D eigenvalue weighted by Gasteiger charge is -2.17. The highest BCUT2D eigenvalue weighted by molar-refractivity contribution is 5.99. The zero-order chi connectivity index (χ0) is 19.9. The maximum atomic E-state index is 13.0. The molecule has 0 fully saturated rings. The van der Waals surface area contributed by atoms with Crippen molar-refractivity contribution < 1.29 is 13.9 Å².